The number of benzene rings is 6. The lowest BCUT2D eigenvalue weighted by molar-refractivity contribution is -0.121. The first-order chi connectivity index (χ1) is 66.5. The Morgan fingerprint density at radius 3 is 0.881 bits per heavy atom. The standard InChI is InChI=1S/C17H18F2N4O2.3C17H19FN4O2.2C17H22N4O2/c1-16(2,25)9-14(24)22-15-21-12-5-4-10(20-3)6-13(12)23(15)11-7-17(18,19)8-11;1-17(2,24)9-14(23)20-16-21-15-12(18)7-10(19-3)8-13(15)22(16)11-5-4-6-11;2*1-17(2,24)9-13(23)21-16-20-12-8-7-11(19-3)14(18)15(12)22(16)10-5-4-6-10;2*1-16(2,3)21-13-9-11(18-6)7-8-12(13)19-15(21)20-14(22)10-17(4,5)23/h4-6,11,25H,7-9H2,1-2H3,(H,21,22,24);7-8,11,24H,4-6,9H2,1-2H3,(H,20,21,23);2*7-8,10,24H,4-6,9H2,1-2H3,(H,20,21,23);2*7-9,23H,10H2,1-5H3,(H,19,20,22). The molecule has 0 unspecified atom stereocenters. The molecule has 0 aliphatic heterocycles. The number of aromatic nitrogens is 12. The predicted molar refractivity (Wildman–Crippen MR) is 535 cm³/mol. The van der Waals surface area contributed by atoms with E-state index in [1.165, 1.54) is 26.0 Å². The minimum atomic E-state index is -2.73. The van der Waals surface area contributed by atoms with Crippen LogP contribution in [0.1, 0.15) is 258 Å². The Labute approximate surface area is 823 Å². The number of rotatable bonds is 22. The van der Waals surface area contributed by atoms with E-state index in [0.29, 0.717) is 67.6 Å². The second kappa shape index (κ2) is 42.6. The lowest BCUT2D eigenvalue weighted by atomic mass is 9.88. The number of hydrogen-bond donors (Lipinski definition) is 12. The third kappa shape index (κ3) is 27.8. The Bertz CT molecular complexity index is 6830. The molecule has 36 nitrogen and oxygen atoms in total. The molecular formula is C102H119F5N24O12. The summed E-state index contributed by atoms with van der Waals surface area (Å²) in [6, 6.07) is 23.8. The van der Waals surface area contributed by atoms with E-state index in [-0.39, 0.29) is 168 Å². The number of amides is 6. The number of anilines is 6. The Morgan fingerprint density at radius 2 is 0.594 bits per heavy atom. The maximum Gasteiger partial charge on any atom is 0.252 e. The second-order valence-electron chi connectivity index (χ2n) is 42.0. The number of halogens is 5. The van der Waals surface area contributed by atoms with Gasteiger partial charge in [0.15, 0.2) is 34.4 Å². The number of carbonyl (C=O) groups is 6. The number of imidazole rings is 6. The Hall–Kier alpha value is -14.7. The van der Waals surface area contributed by atoms with E-state index >= 15 is 0 Å². The molecule has 6 aromatic heterocycles. The molecule has 0 radical (unpaired) electrons. The number of fused-ring (bicyclic) bond motifs is 6. The summed E-state index contributed by atoms with van der Waals surface area (Å²) in [6.45, 7) is 73.3. The summed E-state index contributed by atoms with van der Waals surface area (Å²) in [5.74, 6) is -4.93. The van der Waals surface area contributed by atoms with Crippen LogP contribution in [0.3, 0.4) is 0 Å². The smallest absolute Gasteiger partial charge is 0.252 e. The predicted octanol–water partition coefficient (Wildman–Crippen LogP) is 21.2. The molecule has 6 aromatic carbocycles. The van der Waals surface area contributed by atoms with Crippen molar-refractivity contribution in [3.05, 3.63) is 177 Å². The van der Waals surface area contributed by atoms with Crippen LogP contribution in [0.4, 0.5) is 91.8 Å². The minimum absolute atomic E-state index is 0.0202. The van der Waals surface area contributed by atoms with Gasteiger partial charge in [-0.2, -0.15) is 0 Å². The zero-order valence-electron chi connectivity index (χ0n) is 83.1. The lowest BCUT2D eigenvalue weighted by Gasteiger charge is -2.36. The van der Waals surface area contributed by atoms with E-state index in [0.717, 1.165) is 74.9 Å². The van der Waals surface area contributed by atoms with Crippen molar-refractivity contribution in [2.24, 2.45) is 0 Å². The van der Waals surface area contributed by atoms with Crippen molar-refractivity contribution >= 4 is 171 Å². The third-order valence-electron chi connectivity index (χ3n) is 23.1. The molecule has 12 aromatic rings. The molecule has 41 heteroatoms. The fourth-order valence-corrected chi connectivity index (χ4v) is 16.5. The van der Waals surface area contributed by atoms with Gasteiger partial charge >= 0.3 is 0 Å². The van der Waals surface area contributed by atoms with Gasteiger partial charge in [-0.05, 0) is 243 Å². The maximum absolute atomic E-state index is 14.6. The first kappa shape index (κ1) is 109. The topological polar surface area (TPSA) is 429 Å². The van der Waals surface area contributed by atoms with Gasteiger partial charge in [-0.3, -0.25) is 60.7 Å². The summed E-state index contributed by atoms with van der Waals surface area (Å²) < 4.78 is 80.8. The van der Waals surface area contributed by atoms with Crippen molar-refractivity contribution in [3.63, 3.8) is 0 Å². The highest BCUT2D eigenvalue weighted by Crippen LogP contribution is 2.49. The van der Waals surface area contributed by atoms with Crippen molar-refractivity contribution in [1.82, 2.24) is 57.3 Å². The molecule has 0 bridgehead atoms. The summed E-state index contributed by atoms with van der Waals surface area (Å²) in [7, 11) is 0. The lowest BCUT2D eigenvalue weighted by Crippen LogP contribution is -2.38. The van der Waals surface area contributed by atoms with Gasteiger partial charge in [0, 0.05) is 48.1 Å². The van der Waals surface area contributed by atoms with Crippen LogP contribution >= 0.6 is 0 Å². The monoisotopic (exact) mass is 1970 g/mol. The molecule has 0 atom stereocenters. The molecule has 0 saturated heterocycles. The molecule has 6 heterocycles. The van der Waals surface area contributed by atoms with Gasteiger partial charge in [0.25, 0.3) is 5.92 Å². The largest absolute Gasteiger partial charge is 0.390 e. The molecule has 4 fully saturated rings. The molecule has 6 amide bonds. The van der Waals surface area contributed by atoms with Gasteiger partial charge < -0.3 is 58.0 Å². The van der Waals surface area contributed by atoms with E-state index < -0.39 is 68.9 Å². The maximum atomic E-state index is 14.6. The second-order valence-corrected chi connectivity index (χ2v) is 42.0. The highest BCUT2D eigenvalue weighted by molar-refractivity contribution is 5.98. The summed E-state index contributed by atoms with van der Waals surface area (Å²) in [6.07, 6.45) is 7.35. The van der Waals surface area contributed by atoms with E-state index in [1.807, 2.05) is 50.7 Å². The van der Waals surface area contributed by atoms with Crippen LogP contribution in [-0.4, -0.2) is 163 Å². The van der Waals surface area contributed by atoms with Gasteiger partial charge in [0.2, 0.25) is 82.5 Å². The first-order valence-corrected chi connectivity index (χ1v) is 46.4. The van der Waals surface area contributed by atoms with Crippen LogP contribution in [0, 0.1) is 56.9 Å². The summed E-state index contributed by atoms with van der Waals surface area (Å²) in [4.78, 5) is 119. The number of hydrogen-bond acceptors (Lipinski definition) is 18. The summed E-state index contributed by atoms with van der Waals surface area (Å²) >= 11 is 0. The number of nitrogens with one attached hydrogen (secondary N) is 6. The molecule has 4 saturated carbocycles. The molecule has 754 valence electrons. The highest BCUT2D eigenvalue weighted by Gasteiger charge is 2.48. The Morgan fingerprint density at radius 1 is 0.336 bits per heavy atom. The van der Waals surface area contributed by atoms with E-state index in [4.69, 9.17) is 39.4 Å². The van der Waals surface area contributed by atoms with Crippen LogP contribution < -0.4 is 31.9 Å². The average molecular weight is 1970 g/mol. The zero-order chi connectivity index (χ0) is 106. The number of alkyl halides is 2. The van der Waals surface area contributed by atoms with Gasteiger partial charge in [-0.15, -0.1) is 0 Å². The van der Waals surface area contributed by atoms with E-state index in [9.17, 15) is 81.4 Å². The van der Waals surface area contributed by atoms with Gasteiger partial charge in [0.1, 0.15) is 11.3 Å². The van der Waals surface area contributed by atoms with Gasteiger partial charge in [-0.1, -0.05) is 30.3 Å². The van der Waals surface area contributed by atoms with Crippen molar-refractivity contribution < 1.29 is 81.4 Å². The van der Waals surface area contributed by atoms with Crippen LogP contribution in [0.2, 0.25) is 0 Å². The molecular weight excluding hydrogens is 1850 g/mol. The Kier molecular flexibility index (Phi) is 32.4. The van der Waals surface area contributed by atoms with E-state index in [2.05, 4.69) is 90.9 Å². The van der Waals surface area contributed by atoms with E-state index in [1.54, 1.807) is 160 Å². The van der Waals surface area contributed by atoms with Crippen molar-refractivity contribution in [1.29, 1.82) is 0 Å². The summed E-state index contributed by atoms with van der Waals surface area (Å²) in [5.41, 5.74) is 0.139. The number of nitrogens with zero attached hydrogens (tertiary/aromatic N) is 18. The van der Waals surface area contributed by atoms with Crippen LogP contribution in [-0.2, 0) is 39.8 Å². The molecule has 12 N–H and O–H groups in total. The molecule has 4 aliphatic carbocycles. The number of aliphatic hydroxyl groups is 6. The number of carbonyl (C=O) groups excluding carboxylic acids is 6. The summed E-state index contributed by atoms with van der Waals surface area (Å²) in [5, 5.41) is 74.8. The van der Waals surface area contributed by atoms with Crippen molar-refractivity contribution in [3.8, 4) is 0 Å². The minimum Gasteiger partial charge on any atom is -0.390 e. The third-order valence-corrected chi connectivity index (χ3v) is 23.1. The molecule has 0 spiro atoms. The van der Waals surface area contributed by atoms with Crippen LogP contribution in [0.25, 0.3) is 95.3 Å². The highest BCUT2D eigenvalue weighted by atomic mass is 19.3. The Balaban J connectivity index is 0.000000164. The van der Waals surface area contributed by atoms with Crippen molar-refractivity contribution in [2.45, 2.75) is 309 Å². The fraction of sp³-hybridized carbons (Fsp3) is 0.471. The average Bonchev–Trinajstić information content (AvgIpc) is 1.61. The van der Waals surface area contributed by atoms with Gasteiger partial charge in [-0.25, -0.2) is 80.9 Å². The van der Waals surface area contributed by atoms with Crippen LogP contribution in [0.15, 0.2) is 91.0 Å². The van der Waals surface area contributed by atoms with Gasteiger partial charge in [0.05, 0.1) is 172 Å². The molecule has 4 aliphatic rings. The quantitative estimate of drug-likeness (QED) is 0.0221. The first-order valence-electron chi connectivity index (χ1n) is 46.4. The SMILES string of the molecule is [C-]#[N+]c1cc(F)c2nc(NC(=O)CC(C)(C)O)n(C3CCC3)c2c1.[C-]#[N+]c1ccc2nc(NC(=O)CC(C)(C)O)n(C(C)(C)C)c2c1.[C-]#[N+]c1ccc2nc(NC(=O)CC(C)(C)O)n(C(C)(C)C)c2c1.[C-]#[N+]c1ccc2nc(NC(=O)CC(C)(C)O)n(C3CC(F)(F)C3)c2c1.[C-]#[N+]c1ccc2nc(NC(=O)CC(C)(C)O)n(C3CCC3)c2c1F.[C-]#[N+]c1ccc2nc(NC(=O)CC(C)(C)O)n(C3CCC3)c2c1F. The van der Waals surface area contributed by atoms with Crippen molar-refractivity contribution in [2.75, 3.05) is 31.9 Å². The zero-order valence-corrected chi connectivity index (χ0v) is 83.1. The fourth-order valence-electron chi connectivity index (χ4n) is 16.5. The van der Waals surface area contributed by atoms with Crippen LogP contribution in [0.5, 0.6) is 0 Å². The molecule has 143 heavy (non-hydrogen) atoms. The normalized spacial score (nSPS) is 14.5. The molecule has 16 rings (SSSR count).